The fraction of sp³-hybridized carbons (Fsp3) is 0.842. The molecular formula is C19H40N6O3S2. The van der Waals surface area contributed by atoms with Gasteiger partial charge in [-0.05, 0) is 26.4 Å². The van der Waals surface area contributed by atoms with E-state index in [9.17, 15) is 14.4 Å². The lowest BCUT2D eigenvalue weighted by molar-refractivity contribution is -0.123. The first-order chi connectivity index (χ1) is 14.5. The van der Waals surface area contributed by atoms with Crippen LogP contribution in [0.5, 0.6) is 0 Å². The lowest BCUT2D eigenvalue weighted by atomic mass is 10.1. The van der Waals surface area contributed by atoms with Crippen LogP contribution >= 0.6 is 21.6 Å². The molecular weight excluding hydrogens is 424 g/mol. The minimum atomic E-state index is -0.187. The molecule has 0 aliphatic heterocycles. The average Bonchev–Trinajstić information content (AvgIpc) is 2.75. The van der Waals surface area contributed by atoms with Gasteiger partial charge >= 0.3 is 0 Å². The van der Waals surface area contributed by atoms with Crippen molar-refractivity contribution in [1.29, 1.82) is 0 Å². The molecule has 0 aliphatic carbocycles. The molecule has 0 aliphatic rings. The fourth-order valence-electron chi connectivity index (χ4n) is 2.45. The topological polar surface area (TPSA) is 137 Å². The second-order valence-electron chi connectivity index (χ2n) is 6.61. The van der Waals surface area contributed by atoms with E-state index in [-0.39, 0.29) is 23.8 Å². The number of nitrogens with two attached hydrogens (primary N) is 1. The third-order valence-corrected chi connectivity index (χ3v) is 6.56. The maximum Gasteiger partial charge on any atom is 0.237 e. The lowest BCUT2D eigenvalue weighted by Crippen LogP contribution is -2.44. The summed E-state index contributed by atoms with van der Waals surface area (Å²) in [6.07, 6.45) is 3.63. The zero-order valence-corrected chi connectivity index (χ0v) is 20.0. The summed E-state index contributed by atoms with van der Waals surface area (Å²) in [4.78, 5) is 34.7. The van der Waals surface area contributed by atoms with Gasteiger partial charge in [-0.1, -0.05) is 34.9 Å². The van der Waals surface area contributed by atoms with E-state index < -0.39 is 0 Å². The monoisotopic (exact) mass is 464 g/mol. The van der Waals surface area contributed by atoms with Crippen molar-refractivity contribution < 1.29 is 14.4 Å². The van der Waals surface area contributed by atoms with Crippen molar-refractivity contribution in [2.24, 2.45) is 5.73 Å². The van der Waals surface area contributed by atoms with E-state index in [0.29, 0.717) is 45.6 Å². The first kappa shape index (κ1) is 29.0. The van der Waals surface area contributed by atoms with Gasteiger partial charge in [-0.25, -0.2) is 0 Å². The number of likely N-dealkylation sites (N-methyl/N-ethyl adjacent to an activating group) is 1. The standard InChI is InChI=1S/C19H40N6O3S2/c1-3-17(26)23-12-14-29-30-15-13-24-18(27)7-10-22-9-5-4-6-16(21-2)19(28)25-11-8-20/h16,21-22H,3-15,20H2,1-2H3,(H,23,26)(H,24,27)(H,25,28). The molecule has 7 N–H and O–H groups in total. The number of hydrogen-bond donors (Lipinski definition) is 6. The molecule has 0 bridgehead atoms. The average molecular weight is 465 g/mol. The summed E-state index contributed by atoms with van der Waals surface area (Å²) in [5.74, 6) is 1.83. The lowest BCUT2D eigenvalue weighted by Gasteiger charge is -2.15. The number of hydrogen-bond acceptors (Lipinski definition) is 8. The van der Waals surface area contributed by atoms with Gasteiger partial charge in [0.15, 0.2) is 0 Å². The molecule has 0 radical (unpaired) electrons. The molecule has 3 amide bonds. The zero-order valence-electron chi connectivity index (χ0n) is 18.4. The molecule has 0 spiro atoms. The Kier molecular flexibility index (Phi) is 20.5. The molecule has 0 aromatic rings. The third kappa shape index (κ3) is 17.8. The normalized spacial score (nSPS) is 11.7. The summed E-state index contributed by atoms with van der Waals surface area (Å²) in [5.41, 5.74) is 5.39. The van der Waals surface area contributed by atoms with Crippen LogP contribution in [0.2, 0.25) is 0 Å². The minimum Gasteiger partial charge on any atom is -0.355 e. The van der Waals surface area contributed by atoms with Crippen molar-refractivity contribution >= 4 is 39.3 Å². The number of carbonyl (C=O) groups excluding carboxylic acids is 3. The molecule has 11 heteroatoms. The highest BCUT2D eigenvalue weighted by Gasteiger charge is 2.14. The molecule has 30 heavy (non-hydrogen) atoms. The van der Waals surface area contributed by atoms with E-state index in [1.54, 1.807) is 28.6 Å². The Hall–Kier alpha value is -1.01. The highest BCUT2D eigenvalue weighted by molar-refractivity contribution is 8.76. The van der Waals surface area contributed by atoms with Crippen LogP contribution in [0.15, 0.2) is 0 Å². The Morgan fingerprint density at radius 2 is 1.53 bits per heavy atom. The van der Waals surface area contributed by atoms with Gasteiger partial charge in [-0.3, -0.25) is 14.4 Å². The quantitative estimate of drug-likeness (QED) is 0.108. The van der Waals surface area contributed by atoms with E-state index in [0.717, 1.165) is 37.3 Å². The Morgan fingerprint density at radius 3 is 2.13 bits per heavy atom. The van der Waals surface area contributed by atoms with Crippen LogP contribution in [0.1, 0.15) is 39.0 Å². The van der Waals surface area contributed by atoms with Gasteiger partial charge in [0.25, 0.3) is 0 Å². The molecule has 0 heterocycles. The first-order valence-electron chi connectivity index (χ1n) is 10.7. The predicted molar refractivity (Wildman–Crippen MR) is 127 cm³/mol. The van der Waals surface area contributed by atoms with Crippen molar-refractivity contribution in [2.75, 3.05) is 57.8 Å². The maximum atomic E-state index is 11.9. The van der Waals surface area contributed by atoms with Gasteiger partial charge in [-0.15, -0.1) is 0 Å². The number of amides is 3. The number of unbranched alkanes of at least 4 members (excludes halogenated alkanes) is 1. The first-order valence-corrected chi connectivity index (χ1v) is 13.2. The number of rotatable bonds is 20. The molecule has 1 atom stereocenters. The second-order valence-corrected chi connectivity index (χ2v) is 9.32. The SMILES string of the molecule is CCC(=O)NCCSSCCNC(=O)CCNCCCCC(NC)C(=O)NCCN. The fourth-order valence-corrected chi connectivity index (χ4v) is 4.26. The minimum absolute atomic E-state index is 0.00703. The van der Waals surface area contributed by atoms with Crippen LogP contribution in [0.3, 0.4) is 0 Å². The van der Waals surface area contributed by atoms with E-state index >= 15 is 0 Å². The van der Waals surface area contributed by atoms with Gasteiger partial charge in [0.2, 0.25) is 17.7 Å². The highest BCUT2D eigenvalue weighted by atomic mass is 33.1. The van der Waals surface area contributed by atoms with Crippen molar-refractivity contribution in [3.05, 3.63) is 0 Å². The van der Waals surface area contributed by atoms with Crippen molar-refractivity contribution in [2.45, 2.75) is 45.1 Å². The Morgan fingerprint density at radius 1 is 0.867 bits per heavy atom. The van der Waals surface area contributed by atoms with Gasteiger partial charge in [0.1, 0.15) is 0 Å². The zero-order chi connectivity index (χ0) is 22.5. The van der Waals surface area contributed by atoms with Gasteiger partial charge < -0.3 is 32.3 Å². The van der Waals surface area contributed by atoms with E-state index in [2.05, 4.69) is 26.6 Å². The molecule has 9 nitrogen and oxygen atoms in total. The van der Waals surface area contributed by atoms with Crippen molar-refractivity contribution in [3.63, 3.8) is 0 Å². The van der Waals surface area contributed by atoms with Crippen LogP contribution in [-0.2, 0) is 14.4 Å². The van der Waals surface area contributed by atoms with E-state index in [4.69, 9.17) is 5.73 Å². The summed E-state index contributed by atoms with van der Waals surface area (Å²) in [5, 5.41) is 14.8. The number of carbonyl (C=O) groups is 3. The third-order valence-electron chi connectivity index (χ3n) is 4.15. The molecule has 0 aromatic heterocycles. The largest absolute Gasteiger partial charge is 0.355 e. The van der Waals surface area contributed by atoms with Gasteiger partial charge in [0, 0.05) is 57.1 Å². The van der Waals surface area contributed by atoms with Gasteiger partial charge in [-0.2, -0.15) is 0 Å². The van der Waals surface area contributed by atoms with E-state index in [1.165, 1.54) is 0 Å². The van der Waals surface area contributed by atoms with Crippen molar-refractivity contribution in [3.8, 4) is 0 Å². The summed E-state index contributed by atoms with van der Waals surface area (Å²) in [6, 6.07) is -0.187. The summed E-state index contributed by atoms with van der Waals surface area (Å²) in [6.45, 7) is 5.58. The van der Waals surface area contributed by atoms with Crippen molar-refractivity contribution in [1.82, 2.24) is 26.6 Å². The Bertz CT molecular complexity index is 472. The van der Waals surface area contributed by atoms with Crippen LogP contribution in [0.4, 0.5) is 0 Å². The molecule has 0 fully saturated rings. The molecule has 176 valence electrons. The van der Waals surface area contributed by atoms with E-state index in [1.807, 2.05) is 6.92 Å². The molecule has 1 unspecified atom stereocenters. The maximum absolute atomic E-state index is 11.9. The summed E-state index contributed by atoms with van der Waals surface area (Å²) >= 11 is 0. The summed E-state index contributed by atoms with van der Waals surface area (Å²) < 4.78 is 0. The molecule has 0 aromatic carbocycles. The summed E-state index contributed by atoms with van der Waals surface area (Å²) in [7, 11) is 5.18. The molecule has 0 rings (SSSR count). The smallest absolute Gasteiger partial charge is 0.237 e. The van der Waals surface area contributed by atoms with Crippen LogP contribution in [0.25, 0.3) is 0 Å². The molecule has 0 saturated carbocycles. The Balaban J connectivity index is 3.46. The van der Waals surface area contributed by atoms with Crippen LogP contribution in [-0.4, -0.2) is 81.6 Å². The molecule has 0 saturated heterocycles. The predicted octanol–water partition coefficient (Wildman–Crippen LogP) is -0.177. The second kappa shape index (κ2) is 21.2. The Labute approximate surface area is 189 Å². The van der Waals surface area contributed by atoms with Crippen LogP contribution in [0, 0.1) is 0 Å². The van der Waals surface area contributed by atoms with Gasteiger partial charge in [0.05, 0.1) is 6.04 Å². The van der Waals surface area contributed by atoms with Crippen LogP contribution < -0.4 is 32.3 Å². The number of nitrogens with one attached hydrogen (secondary N) is 5. The highest BCUT2D eigenvalue weighted by Crippen LogP contribution is 2.19.